The first-order valence-corrected chi connectivity index (χ1v) is 8.79. The van der Waals surface area contributed by atoms with Crippen molar-refractivity contribution in [1.82, 2.24) is 9.80 Å². The molecular formula is C20H18ClN3O4. The van der Waals surface area contributed by atoms with Crippen LogP contribution in [0.2, 0.25) is 0 Å². The van der Waals surface area contributed by atoms with Crippen molar-refractivity contribution < 1.29 is 19.5 Å². The van der Waals surface area contributed by atoms with Gasteiger partial charge in [-0.05, 0) is 17.7 Å². The van der Waals surface area contributed by atoms with Crippen molar-refractivity contribution in [3.63, 3.8) is 0 Å². The summed E-state index contributed by atoms with van der Waals surface area (Å²) in [7, 11) is 3.11. The van der Waals surface area contributed by atoms with Crippen molar-refractivity contribution in [3.8, 4) is 5.75 Å². The molecule has 0 aliphatic carbocycles. The molecule has 2 N–H and O–H groups in total. The lowest BCUT2D eigenvalue weighted by molar-refractivity contribution is -0.138. The van der Waals surface area contributed by atoms with Gasteiger partial charge in [-0.15, -0.1) is 0 Å². The van der Waals surface area contributed by atoms with Crippen LogP contribution < -0.4 is 5.32 Å². The normalized spacial score (nSPS) is 13.9. The lowest BCUT2D eigenvalue weighted by atomic mass is 10.1. The van der Waals surface area contributed by atoms with Gasteiger partial charge >= 0.3 is 0 Å². The van der Waals surface area contributed by atoms with Crippen LogP contribution in [0, 0.1) is 0 Å². The molecule has 144 valence electrons. The minimum Gasteiger partial charge on any atom is -0.505 e. The van der Waals surface area contributed by atoms with Crippen LogP contribution in [-0.2, 0) is 16.1 Å². The summed E-state index contributed by atoms with van der Waals surface area (Å²) in [5, 5.41) is 12.9. The summed E-state index contributed by atoms with van der Waals surface area (Å²) >= 11 is 6.09. The van der Waals surface area contributed by atoms with Crippen molar-refractivity contribution in [2.45, 2.75) is 6.54 Å². The number of para-hydroxylation sites is 1. The van der Waals surface area contributed by atoms with Crippen LogP contribution in [0.3, 0.4) is 0 Å². The number of anilines is 1. The monoisotopic (exact) mass is 399 g/mol. The van der Waals surface area contributed by atoms with E-state index in [2.05, 4.69) is 5.32 Å². The van der Waals surface area contributed by atoms with E-state index in [0.29, 0.717) is 0 Å². The van der Waals surface area contributed by atoms with Crippen LogP contribution >= 0.6 is 11.6 Å². The topological polar surface area (TPSA) is 90.0 Å². The molecule has 1 heterocycles. The first kappa shape index (κ1) is 19.4. The van der Waals surface area contributed by atoms with Gasteiger partial charge in [0.1, 0.15) is 10.7 Å². The summed E-state index contributed by atoms with van der Waals surface area (Å²) in [6.07, 6.45) is 0. The number of rotatable bonds is 5. The third kappa shape index (κ3) is 3.57. The van der Waals surface area contributed by atoms with Gasteiger partial charge in [0, 0.05) is 14.1 Å². The molecule has 0 bridgehead atoms. The molecule has 3 rings (SSSR count). The van der Waals surface area contributed by atoms with E-state index in [-0.39, 0.29) is 34.3 Å². The molecule has 28 heavy (non-hydrogen) atoms. The molecular weight excluding hydrogens is 382 g/mol. The van der Waals surface area contributed by atoms with Gasteiger partial charge in [0.15, 0.2) is 5.75 Å². The van der Waals surface area contributed by atoms with Crippen LogP contribution in [0.5, 0.6) is 5.75 Å². The minimum absolute atomic E-state index is 0.0598. The quantitative estimate of drug-likeness (QED) is 0.595. The molecule has 7 nitrogen and oxygen atoms in total. The number of benzene rings is 2. The molecule has 0 unspecified atom stereocenters. The molecule has 3 amide bonds. The number of hydrogen-bond acceptors (Lipinski definition) is 5. The summed E-state index contributed by atoms with van der Waals surface area (Å²) < 4.78 is 0. The second kappa shape index (κ2) is 7.74. The Kier molecular flexibility index (Phi) is 5.37. The Morgan fingerprint density at radius 1 is 1.07 bits per heavy atom. The molecule has 2 aromatic rings. The summed E-state index contributed by atoms with van der Waals surface area (Å²) in [4.78, 5) is 39.6. The number of imide groups is 1. The Labute approximate surface area is 166 Å². The van der Waals surface area contributed by atoms with Gasteiger partial charge in [0.25, 0.3) is 17.7 Å². The zero-order valence-electron chi connectivity index (χ0n) is 15.3. The average Bonchev–Trinajstić information content (AvgIpc) is 2.88. The standard InChI is InChI=1S/C20H18ClN3O4/c1-23(2)18(26)13-9-6-10-14(17(13)25)22-16-15(21)19(27)24(20(16)28)11-12-7-4-3-5-8-12/h3-10,22,25H,11H2,1-2H3. The van der Waals surface area contributed by atoms with Crippen LogP contribution in [-0.4, -0.2) is 46.7 Å². The van der Waals surface area contributed by atoms with E-state index in [0.717, 1.165) is 10.5 Å². The van der Waals surface area contributed by atoms with Crippen LogP contribution in [0.4, 0.5) is 5.69 Å². The number of amides is 3. The fourth-order valence-electron chi connectivity index (χ4n) is 2.76. The Morgan fingerprint density at radius 2 is 1.75 bits per heavy atom. The first-order valence-electron chi connectivity index (χ1n) is 8.41. The molecule has 2 aromatic carbocycles. The molecule has 1 aliphatic rings. The number of carbonyl (C=O) groups is 3. The molecule has 0 saturated carbocycles. The van der Waals surface area contributed by atoms with Gasteiger partial charge in [-0.1, -0.05) is 48.0 Å². The van der Waals surface area contributed by atoms with E-state index < -0.39 is 17.7 Å². The molecule has 0 saturated heterocycles. The maximum Gasteiger partial charge on any atom is 0.279 e. The summed E-state index contributed by atoms with van der Waals surface area (Å²) in [6.45, 7) is 0.0744. The molecule has 0 spiro atoms. The van der Waals surface area contributed by atoms with Crippen LogP contribution in [0.15, 0.2) is 59.3 Å². The van der Waals surface area contributed by atoms with Crippen molar-refractivity contribution in [2.24, 2.45) is 0 Å². The number of nitrogens with one attached hydrogen (secondary N) is 1. The van der Waals surface area contributed by atoms with Gasteiger partial charge in [-0.3, -0.25) is 19.3 Å². The van der Waals surface area contributed by atoms with E-state index in [4.69, 9.17) is 11.6 Å². The predicted octanol–water partition coefficient (Wildman–Crippen LogP) is 2.53. The summed E-state index contributed by atoms with van der Waals surface area (Å²) in [5.74, 6) is -1.97. The predicted molar refractivity (Wildman–Crippen MR) is 105 cm³/mol. The Hall–Kier alpha value is -3.32. The molecule has 0 radical (unpaired) electrons. The third-order valence-electron chi connectivity index (χ3n) is 4.23. The lowest BCUT2D eigenvalue weighted by Crippen LogP contribution is -2.31. The van der Waals surface area contributed by atoms with E-state index in [1.54, 1.807) is 44.4 Å². The SMILES string of the molecule is CN(C)C(=O)c1cccc(NC2=C(Cl)C(=O)N(Cc3ccccc3)C2=O)c1O. The molecule has 1 aliphatic heterocycles. The smallest absolute Gasteiger partial charge is 0.279 e. The van der Waals surface area contributed by atoms with E-state index in [9.17, 15) is 19.5 Å². The van der Waals surface area contributed by atoms with E-state index in [1.165, 1.54) is 17.0 Å². The maximum atomic E-state index is 12.7. The average molecular weight is 400 g/mol. The van der Waals surface area contributed by atoms with Crippen molar-refractivity contribution in [3.05, 3.63) is 70.4 Å². The zero-order chi connectivity index (χ0) is 20.4. The van der Waals surface area contributed by atoms with Crippen LogP contribution in [0.25, 0.3) is 0 Å². The Morgan fingerprint density at radius 3 is 2.39 bits per heavy atom. The summed E-state index contributed by atoms with van der Waals surface area (Å²) in [6, 6.07) is 13.5. The van der Waals surface area contributed by atoms with Gasteiger partial charge in [0.2, 0.25) is 0 Å². The fraction of sp³-hybridized carbons (Fsp3) is 0.150. The minimum atomic E-state index is -0.627. The number of phenols is 1. The van der Waals surface area contributed by atoms with Crippen molar-refractivity contribution in [2.75, 3.05) is 19.4 Å². The fourth-order valence-corrected chi connectivity index (χ4v) is 2.99. The highest BCUT2D eigenvalue weighted by Crippen LogP contribution is 2.33. The molecule has 0 fully saturated rings. The van der Waals surface area contributed by atoms with Crippen molar-refractivity contribution >= 4 is 35.0 Å². The first-order chi connectivity index (χ1) is 13.3. The van der Waals surface area contributed by atoms with E-state index in [1.807, 2.05) is 6.07 Å². The number of nitrogens with zero attached hydrogens (tertiary/aromatic N) is 2. The number of phenolic OH excluding ortho intramolecular Hbond substituents is 1. The second-order valence-electron chi connectivity index (χ2n) is 6.40. The Balaban J connectivity index is 1.87. The van der Waals surface area contributed by atoms with Gasteiger partial charge in [0.05, 0.1) is 17.8 Å². The third-order valence-corrected chi connectivity index (χ3v) is 4.58. The highest BCUT2D eigenvalue weighted by Gasteiger charge is 2.38. The number of carbonyl (C=O) groups excluding carboxylic acids is 3. The highest BCUT2D eigenvalue weighted by molar-refractivity contribution is 6.48. The van der Waals surface area contributed by atoms with Crippen LogP contribution in [0.1, 0.15) is 15.9 Å². The maximum absolute atomic E-state index is 12.7. The summed E-state index contributed by atoms with van der Waals surface area (Å²) in [5.41, 5.74) is 0.789. The van der Waals surface area contributed by atoms with Gasteiger partial charge in [-0.25, -0.2) is 0 Å². The van der Waals surface area contributed by atoms with Gasteiger partial charge < -0.3 is 15.3 Å². The van der Waals surface area contributed by atoms with E-state index >= 15 is 0 Å². The molecule has 8 heteroatoms. The lowest BCUT2D eigenvalue weighted by Gasteiger charge is -2.16. The molecule has 0 atom stereocenters. The number of aromatic hydroxyl groups is 1. The van der Waals surface area contributed by atoms with Gasteiger partial charge in [-0.2, -0.15) is 0 Å². The number of halogens is 1. The second-order valence-corrected chi connectivity index (χ2v) is 6.78. The highest BCUT2D eigenvalue weighted by atomic mass is 35.5. The zero-order valence-corrected chi connectivity index (χ0v) is 16.0. The largest absolute Gasteiger partial charge is 0.505 e. The Bertz CT molecular complexity index is 986. The number of hydrogen-bond donors (Lipinski definition) is 2. The molecule has 0 aromatic heterocycles. The van der Waals surface area contributed by atoms with Crippen molar-refractivity contribution in [1.29, 1.82) is 0 Å².